The third kappa shape index (κ3) is 10.1. The van der Waals surface area contributed by atoms with Gasteiger partial charge in [-0.25, -0.2) is 0 Å². The van der Waals surface area contributed by atoms with Crippen molar-refractivity contribution in [3.05, 3.63) is 65.2 Å². The maximum Gasteiger partial charge on any atom is 0.132 e. The van der Waals surface area contributed by atoms with Gasteiger partial charge in [0.05, 0.1) is 38.4 Å². The van der Waals surface area contributed by atoms with Crippen molar-refractivity contribution >= 4 is 11.4 Å². The highest BCUT2D eigenvalue weighted by atomic mass is 16.5. The fourth-order valence-corrected chi connectivity index (χ4v) is 4.11. The summed E-state index contributed by atoms with van der Waals surface area (Å²) in [5.41, 5.74) is 4.23. The number of nitrogens with zero attached hydrogens (tertiary/aromatic N) is 2. The van der Waals surface area contributed by atoms with Crippen LogP contribution in [0.4, 0.5) is 0 Å². The fraction of sp³-hybridized carbons (Fsp3) is 0.433. The van der Waals surface area contributed by atoms with Crippen LogP contribution in [0.15, 0.2) is 54.1 Å². The van der Waals surface area contributed by atoms with E-state index in [0.717, 1.165) is 66.7 Å². The molecule has 2 aromatic carbocycles. The van der Waals surface area contributed by atoms with Crippen LogP contribution in [0.5, 0.6) is 11.5 Å². The molecule has 0 radical (unpaired) electrons. The zero-order chi connectivity index (χ0) is 25.3. The summed E-state index contributed by atoms with van der Waals surface area (Å²) >= 11 is 0. The molecule has 0 bridgehead atoms. The van der Waals surface area contributed by atoms with Crippen LogP contribution in [-0.4, -0.2) is 20.0 Å². The summed E-state index contributed by atoms with van der Waals surface area (Å²) in [6.45, 7) is 0. The van der Waals surface area contributed by atoms with Crippen molar-refractivity contribution in [2.24, 2.45) is 0 Å². The molecule has 0 amide bonds. The number of benzene rings is 2. The van der Waals surface area contributed by atoms with E-state index in [1.165, 1.54) is 31.3 Å². The van der Waals surface area contributed by atoms with Crippen molar-refractivity contribution in [2.75, 3.05) is 14.2 Å². The van der Waals surface area contributed by atoms with Gasteiger partial charge in [-0.05, 0) is 86.1 Å². The molecule has 2 aliphatic carbocycles. The highest BCUT2D eigenvalue weighted by Gasteiger charge is 2.12. The average Bonchev–Trinajstić information content (AvgIpc) is 2.92. The molecule has 0 heterocycles. The Morgan fingerprint density at radius 3 is 1.63 bits per heavy atom. The quantitative estimate of drug-likeness (QED) is 0.439. The summed E-state index contributed by atoms with van der Waals surface area (Å²) < 4.78 is 10.1. The second kappa shape index (κ2) is 16.1. The number of nitriles is 2. The Bertz CT molecular complexity index is 1010. The van der Waals surface area contributed by atoms with Crippen LogP contribution < -0.4 is 9.47 Å². The molecule has 5 heteroatoms. The smallest absolute Gasteiger partial charge is 0.132 e. The number of rotatable bonds is 4. The zero-order valence-corrected chi connectivity index (χ0v) is 21.0. The third-order valence-electron chi connectivity index (χ3n) is 6.15. The van der Waals surface area contributed by atoms with Crippen LogP contribution in [0.2, 0.25) is 0 Å². The Hall–Kier alpha value is -3.57. The Morgan fingerprint density at radius 1 is 0.743 bits per heavy atom. The molecule has 0 N–H and O–H groups in total. The van der Waals surface area contributed by atoms with E-state index in [1.807, 2.05) is 48.5 Å². The second-order valence-corrected chi connectivity index (χ2v) is 8.66. The molecular formula is C30H36N2O3. The molecule has 2 aliphatic rings. The lowest BCUT2D eigenvalue weighted by atomic mass is 9.89. The molecule has 2 aromatic rings. The maximum absolute atomic E-state index is 10.5. The molecule has 2 fully saturated rings. The van der Waals surface area contributed by atoms with Crippen molar-refractivity contribution in [1.29, 1.82) is 10.5 Å². The molecule has 4 rings (SSSR count). The van der Waals surface area contributed by atoms with Gasteiger partial charge in [-0.15, -0.1) is 0 Å². The number of Topliss-reactive ketones (excluding diaryl/α,β-unsaturated/α-hetero) is 1. The number of carbonyl (C=O) groups is 1. The molecular weight excluding hydrogens is 436 g/mol. The number of hydrogen-bond donors (Lipinski definition) is 0. The first-order valence-electron chi connectivity index (χ1n) is 12.4. The summed E-state index contributed by atoms with van der Waals surface area (Å²) in [6.07, 6.45) is 11.6. The molecule has 0 aromatic heterocycles. The van der Waals surface area contributed by atoms with Gasteiger partial charge in [-0.2, -0.15) is 10.5 Å². The molecule has 0 spiro atoms. The maximum atomic E-state index is 10.5. The highest BCUT2D eigenvalue weighted by molar-refractivity contribution is 5.79. The summed E-state index contributed by atoms with van der Waals surface area (Å²) in [7, 11) is 3.28. The van der Waals surface area contributed by atoms with E-state index in [2.05, 4.69) is 12.1 Å². The predicted octanol–water partition coefficient (Wildman–Crippen LogP) is 7.22. The van der Waals surface area contributed by atoms with Crippen molar-refractivity contribution < 1.29 is 14.3 Å². The SMILES string of the molecule is COc1ccc(C(C#N)=C2CCCCC2)cc1.COc1ccc(CC#N)cc1.O=C1CCCCC1. The lowest BCUT2D eigenvalue weighted by molar-refractivity contribution is -0.120. The van der Waals surface area contributed by atoms with E-state index < -0.39 is 0 Å². The van der Waals surface area contributed by atoms with E-state index in [-0.39, 0.29) is 0 Å². The second-order valence-electron chi connectivity index (χ2n) is 8.66. The largest absolute Gasteiger partial charge is 0.497 e. The number of carbonyl (C=O) groups excluding carboxylic acids is 1. The first-order chi connectivity index (χ1) is 17.1. The van der Waals surface area contributed by atoms with Gasteiger partial charge in [0.25, 0.3) is 0 Å². The Kier molecular flexibility index (Phi) is 12.7. The van der Waals surface area contributed by atoms with Gasteiger partial charge in [0.15, 0.2) is 0 Å². The van der Waals surface area contributed by atoms with E-state index in [4.69, 9.17) is 14.7 Å². The van der Waals surface area contributed by atoms with Crippen molar-refractivity contribution in [1.82, 2.24) is 0 Å². The van der Waals surface area contributed by atoms with Gasteiger partial charge in [0.2, 0.25) is 0 Å². The van der Waals surface area contributed by atoms with E-state index in [0.29, 0.717) is 12.2 Å². The summed E-state index contributed by atoms with van der Waals surface area (Å²) in [5.74, 6) is 2.12. The van der Waals surface area contributed by atoms with E-state index in [1.54, 1.807) is 14.2 Å². The van der Waals surface area contributed by atoms with Gasteiger partial charge in [0.1, 0.15) is 17.3 Å². The van der Waals surface area contributed by atoms with Gasteiger partial charge in [0, 0.05) is 12.8 Å². The van der Waals surface area contributed by atoms with Crippen molar-refractivity contribution in [3.63, 3.8) is 0 Å². The zero-order valence-electron chi connectivity index (χ0n) is 21.0. The van der Waals surface area contributed by atoms with Crippen LogP contribution in [-0.2, 0) is 11.2 Å². The molecule has 0 atom stereocenters. The Morgan fingerprint density at radius 2 is 1.23 bits per heavy atom. The van der Waals surface area contributed by atoms with Gasteiger partial charge >= 0.3 is 0 Å². The molecule has 0 aliphatic heterocycles. The number of methoxy groups -OCH3 is 2. The predicted molar refractivity (Wildman–Crippen MR) is 139 cm³/mol. The Labute approximate surface area is 210 Å². The van der Waals surface area contributed by atoms with Crippen LogP contribution in [0.25, 0.3) is 5.57 Å². The number of ketones is 1. The molecule has 0 unspecified atom stereocenters. The highest BCUT2D eigenvalue weighted by Crippen LogP contribution is 2.30. The molecule has 2 saturated carbocycles. The minimum absolute atomic E-state index is 0.462. The van der Waals surface area contributed by atoms with Crippen LogP contribution in [0, 0.1) is 22.7 Å². The molecule has 0 saturated heterocycles. The van der Waals surface area contributed by atoms with Crippen LogP contribution in [0.1, 0.15) is 75.3 Å². The summed E-state index contributed by atoms with van der Waals surface area (Å²) in [6, 6.07) is 19.7. The molecule has 5 nitrogen and oxygen atoms in total. The van der Waals surface area contributed by atoms with E-state index in [9.17, 15) is 10.1 Å². The lowest BCUT2D eigenvalue weighted by Crippen LogP contribution is -2.02. The summed E-state index contributed by atoms with van der Waals surface area (Å²) in [4.78, 5) is 10.5. The molecule has 184 valence electrons. The first-order valence-corrected chi connectivity index (χ1v) is 12.4. The standard InChI is InChI=1S/C15H17NO.C9H9NO.C6H10O/c1-17-14-9-7-13(8-10-14)15(11-16)12-5-3-2-4-6-12;1-11-9-4-2-8(3-5-9)6-7-10;7-6-4-2-1-3-5-6/h7-10H,2-6H2,1H3;2-5H,6H2,1H3;1-5H2. The lowest BCUT2D eigenvalue weighted by Gasteiger charge is -2.16. The number of ether oxygens (including phenoxy) is 2. The first kappa shape index (κ1) is 27.7. The fourth-order valence-electron chi connectivity index (χ4n) is 4.11. The third-order valence-corrected chi connectivity index (χ3v) is 6.15. The normalized spacial score (nSPS) is 14.6. The van der Waals surface area contributed by atoms with E-state index >= 15 is 0 Å². The van der Waals surface area contributed by atoms with Crippen LogP contribution >= 0.6 is 0 Å². The minimum atomic E-state index is 0.462. The summed E-state index contributed by atoms with van der Waals surface area (Å²) in [5, 5.41) is 17.7. The van der Waals surface area contributed by atoms with Gasteiger partial charge in [-0.3, -0.25) is 4.79 Å². The number of hydrogen-bond acceptors (Lipinski definition) is 5. The minimum Gasteiger partial charge on any atom is -0.497 e. The van der Waals surface area contributed by atoms with Crippen molar-refractivity contribution in [2.45, 2.75) is 70.6 Å². The number of allylic oxidation sites excluding steroid dienone is 2. The van der Waals surface area contributed by atoms with Gasteiger partial charge < -0.3 is 9.47 Å². The topological polar surface area (TPSA) is 83.1 Å². The molecule has 35 heavy (non-hydrogen) atoms. The average molecular weight is 473 g/mol. The van der Waals surface area contributed by atoms with Crippen molar-refractivity contribution in [3.8, 4) is 23.6 Å². The Balaban J connectivity index is 0.000000205. The van der Waals surface area contributed by atoms with Crippen LogP contribution in [0.3, 0.4) is 0 Å². The van der Waals surface area contributed by atoms with Gasteiger partial charge in [-0.1, -0.05) is 30.5 Å². The monoisotopic (exact) mass is 472 g/mol.